The number of rotatable bonds is 8. The Morgan fingerprint density at radius 2 is 1.89 bits per heavy atom. The molecule has 2 aromatic rings. The average Bonchev–Trinajstić information content (AvgIpc) is 2.60. The summed E-state index contributed by atoms with van der Waals surface area (Å²) in [5.41, 5.74) is 6.49. The zero-order valence-corrected chi connectivity index (χ0v) is 20.0. The fraction of sp³-hybridized carbons (Fsp3) is 0.278. The number of nitrogens with one attached hydrogen (secondary N) is 1. The molecule has 2 rings (SSSR count). The molecule has 0 fully saturated rings. The number of aryl methyl sites for hydroxylation is 1. The van der Waals surface area contributed by atoms with E-state index < -0.39 is 10.1 Å². The van der Waals surface area contributed by atoms with Gasteiger partial charge in [-0.15, -0.1) is 0 Å². The van der Waals surface area contributed by atoms with E-state index >= 15 is 0 Å². The summed E-state index contributed by atoms with van der Waals surface area (Å²) in [5, 5.41) is 0.766. The Balaban J connectivity index is 0.00000392. The van der Waals surface area contributed by atoms with E-state index in [0.29, 0.717) is 17.5 Å². The Morgan fingerprint density at radius 3 is 2.57 bits per heavy atom. The predicted octanol–water partition coefficient (Wildman–Crippen LogP) is -1.05. The summed E-state index contributed by atoms with van der Waals surface area (Å²) in [6.45, 7) is 2.31. The molecule has 0 aliphatic heterocycles. The lowest BCUT2D eigenvalue weighted by Crippen LogP contribution is -3.00. The molecule has 2 aromatic carbocycles. The molecular formula is C18H22ClIN2O4S2. The van der Waals surface area contributed by atoms with Crippen LogP contribution >= 0.6 is 23.4 Å². The molecule has 154 valence electrons. The van der Waals surface area contributed by atoms with Crippen LogP contribution in [0.1, 0.15) is 12.0 Å². The zero-order valence-electron chi connectivity index (χ0n) is 15.4. The van der Waals surface area contributed by atoms with Crippen LogP contribution in [-0.4, -0.2) is 33.0 Å². The molecule has 0 radical (unpaired) electrons. The van der Waals surface area contributed by atoms with E-state index in [1.807, 2.05) is 13.0 Å². The maximum Gasteiger partial charge on any atom is 0.340 e. The van der Waals surface area contributed by atoms with Crippen molar-refractivity contribution in [2.45, 2.75) is 18.2 Å². The van der Waals surface area contributed by atoms with Gasteiger partial charge in [0, 0.05) is 11.8 Å². The number of amidine groups is 1. The highest BCUT2D eigenvalue weighted by Gasteiger charge is 2.20. The van der Waals surface area contributed by atoms with Crippen LogP contribution in [0.2, 0.25) is 5.02 Å². The lowest BCUT2D eigenvalue weighted by atomic mass is 10.2. The third-order valence-electron chi connectivity index (χ3n) is 3.40. The van der Waals surface area contributed by atoms with Crippen LogP contribution in [0, 0.1) is 6.92 Å². The number of thioether (sulfide) groups is 1. The van der Waals surface area contributed by atoms with Crippen LogP contribution in [0.25, 0.3) is 0 Å². The van der Waals surface area contributed by atoms with Crippen LogP contribution in [0.15, 0.2) is 47.4 Å². The molecule has 28 heavy (non-hydrogen) atoms. The molecule has 0 spiro atoms. The van der Waals surface area contributed by atoms with Crippen LogP contribution in [0.5, 0.6) is 11.5 Å². The molecule has 0 aliphatic carbocycles. The Hall–Kier alpha value is -1.17. The van der Waals surface area contributed by atoms with Crippen molar-refractivity contribution in [3.05, 3.63) is 53.1 Å². The second kappa shape index (κ2) is 11.7. The molecule has 3 N–H and O–H groups in total. The molecule has 0 heterocycles. The molecule has 0 bridgehead atoms. The molecule has 0 saturated carbocycles. The minimum absolute atomic E-state index is 0. The van der Waals surface area contributed by atoms with Crippen molar-refractivity contribution in [3.8, 4) is 11.5 Å². The van der Waals surface area contributed by atoms with E-state index in [1.54, 1.807) is 31.3 Å². The third-order valence-corrected chi connectivity index (χ3v) is 6.15. The highest BCUT2D eigenvalue weighted by atomic mass is 127. The Labute approximate surface area is 192 Å². The molecule has 0 unspecified atom stereocenters. The number of ether oxygens (including phenoxy) is 1. The summed E-state index contributed by atoms with van der Waals surface area (Å²) < 4.78 is 35.9. The topological polar surface area (TPSA) is 92.6 Å². The van der Waals surface area contributed by atoms with Gasteiger partial charge in [-0.05, 0) is 54.9 Å². The number of nitrogens with two attached hydrogens (primary N) is 1. The van der Waals surface area contributed by atoms with E-state index in [9.17, 15) is 8.42 Å². The van der Waals surface area contributed by atoms with E-state index in [2.05, 4.69) is 4.99 Å². The van der Waals surface area contributed by atoms with E-state index in [-0.39, 0.29) is 39.6 Å². The number of halogens is 2. The Bertz CT molecular complexity index is 924. The second-order valence-electron chi connectivity index (χ2n) is 5.61. The maximum absolute atomic E-state index is 12.5. The van der Waals surface area contributed by atoms with Gasteiger partial charge >= 0.3 is 15.3 Å². The summed E-state index contributed by atoms with van der Waals surface area (Å²) in [4.78, 5) is 2.78. The third kappa shape index (κ3) is 7.69. The number of benzene rings is 2. The molecule has 6 nitrogen and oxygen atoms in total. The fourth-order valence-corrected chi connectivity index (χ4v) is 4.20. The monoisotopic (exact) mass is 556 g/mol. The van der Waals surface area contributed by atoms with Crippen LogP contribution in [0.3, 0.4) is 0 Å². The molecule has 0 aromatic heterocycles. The van der Waals surface area contributed by atoms with Crippen molar-refractivity contribution in [1.29, 1.82) is 0 Å². The van der Waals surface area contributed by atoms with E-state index in [4.69, 9.17) is 26.3 Å². The van der Waals surface area contributed by atoms with Crippen LogP contribution in [0.4, 0.5) is 0 Å². The van der Waals surface area contributed by atoms with Crippen LogP contribution < -0.4 is 43.6 Å². The average molecular weight is 557 g/mol. The molecule has 0 atom stereocenters. The fourth-order valence-electron chi connectivity index (χ4n) is 2.17. The van der Waals surface area contributed by atoms with E-state index in [1.165, 1.54) is 23.9 Å². The van der Waals surface area contributed by atoms with Crippen molar-refractivity contribution in [2.75, 3.05) is 19.4 Å². The van der Waals surface area contributed by atoms with Gasteiger partial charge in [0.2, 0.25) is 0 Å². The first kappa shape index (κ1) is 24.9. The van der Waals surface area contributed by atoms with Gasteiger partial charge in [0.1, 0.15) is 16.4 Å². The quantitative estimate of drug-likeness (QED) is 0.142. The summed E-state index contributed by atoms with van der Waals surface area (Å²) in [6.07, 6.45) is 0.787. The van der Waals surface area contributed by atoms with Gasteiger partial charge in [-0.2, -0.15) is 8.42 Å². The normalized spacial score (nSPS) is 11.6. The molecule has 10 heteroatoms. The summed E-state index contributed by atoms with van der Waals surface area (Å²) in [5.74, 6) is 1.52. The highest BCUT2D eigenvalue weighted by Crippen LogP contribution is 2.28. The minimum Gasteiger partial charge on any atom is -1.00 e. The Kier molecular flexibility index (Phi) is 10.4. The van der Waals surface area contributed by atoms with Crippen molar-refractivity contribution in [2.24, 2.45) is 5.73 Å². The largest absolute Gasteiger partial charge is 1.00 e. The number of hydrogen-bond acceptors (Lipinski definition) is 5. The van der Waals surface area contributed by atoms with E-state index in [0.717, 1.165) is 17.7 Å². The van der Waals surface area contributed by atoms with Gasteiger partial charge in [0.15, 0.2) is 0 Å². The second-order valence-corrected chi connectivity index (χ2v) is 8.67. The molecule has 0 saturated heterocycles. The molecular weight excluding hydrogens is 535 g/mol. The molecule has 0 amide bonds. The minimum atomic E-state index is -4.03. The van der Waals surface area contributed by atoms with Crippen molar-refractivity contribution < 1.29 is 46.3 Å². The first-order valence-electron chi connectivity index (χ1n) is 8.18. The first-order valence-corrected chi connectivity index (χ1v) is 11.0. The SMILES string of the molecule is C[NH+]=C(N)SCCCOc1cc(C)cc(OS(=O)(=O)c2ccccc2Cl)c1.[I-]. The zero-order chi connectivity index (χ0) is 19.9. The first-order chi connectivity index (χ1) is 12.8. The lowest BCUT2D eigenvalue weighted by Gasteiger charge is -2.11. The maximum atomic E-state index is 12.5. The van der Waals surface area contributed by atoms with Gasteiger partial charge in [-0.1, -0.05) is 23.7 Å². The predicted molar refractivity (Wildman–Crippen MR) is 109 cm³/mol. The van der Waals surface area contributed by atoms with Gasteiger partial charge in [0.25, 0.3) is 0 Å². The van der Waals surface area contributed by atoms with Gasteiger partial charge in [-0.25, -0.2) is 0 Å². The van der Waals surface area contributed by atoms with Crippen LogP contribution in [-0.2, 0) is 10.1 Å². The Morgan fingerprint density at radius 1 is 1.21 bits per heavy atom. The summed E-state index contributed by atoms with van der Waals surface area (Å²) in [6, 6.07) is 11.1. The van der Waals surface area contributed by atoms with Gasteiger partial charge < -0.3 is 32.9 Å². The van der Waals surface area contributed by atoms with Crippen molar-refractivity contribution in [3.63, 3.8) is 0 Å². The lowest BCUT2D eigenvalue weighted by molar-refractivity contribution is -0.417. The standard InChI is InChI=1S/C18H21ClN2O4S2.HI/c1-13-10-14(24-8-5-9-26-18(20)21-2)12-15(11-13)25-27(22,23)17-7-4-3-6-16(17)19;/h3-4,6-7,10-12H,5,8-9H2,1-2H3,(H2,20,21);1H. The van der Waals surface area contributed by atoms with Gasteiger partial charge in [-0.3, -0.25) is 10.7 Å². The summed E-state index contributed by atoms with van der Waals surface area (Å²) >= 11 is 7.48. The van der Waals surface area contributed by atoms with Crippen molar-refractivity contribution in [1.82, 2.24) is 0 Å². The number of hydrogen-bond donors (Lipinski definition) is 2. The highest BCUT2D eigenvalue weighted by molar-refractivity contribution is 8.13. The van der Waals surface area contributed by atoms with Gasteiger partial charge in [0.05, 0.1) is 18.7 Å². The van der Waals surface area contributed by atoms with Crippen molar-refractivity contribution >= 4 is 38.6 Å². The summed E-state index contributed by atoms with van der Waals surface area (Å²) in [7, 11) is -2.27. The smallest absolute Gasteiger partial charge is 0.340 e. The molecule has 0 aliphatic rings.